The van der Waals surface area contributed by atoms with Crippen LogP contribution < -0.4 is 16.8 Å². The highest BCUT2D eigenvalue weighted by Gasteiger charge is 2.47. The first-order valence-electron chi connectivity index (χ1n) is 17.1. The standard InChI is InChI=1S/C32H52FN7O3S/c1-2-10-32-11-8-22(16-32)24(33)18-36-26(17-32)29(30(34)35)31(41)38-27-19-37-25(21-6-4-3-5-7-21)15-28(27)39-12-13-40-23(20-39)9-14-44(40,42)43/h18,21,23,26-30H,2-17,19-20,34-35H2,1H3,(H,38,41). The third-order valence-electron chi connectivity index (χ3n) is 11.6. The zero-order valence-electron chi connectivity index (χ0n) is 26.3. The molecule has 2 saturated heterocycles. The number of halogens is 1. The van der Waals surface area contributed by atoms with E-state index in [0.717, 1.165) is 50.5 Å². The quantitative estimate of drug-likeness (QED) is 0.351. The van der Waals surface area contributed by atoms with Crippen molar-refractivity contribution in [1.29, 1.82) is 0 Å². The van der Waals surface area contributed by atoms with Gasteiger partial charge in [0.1, 0.15) is 5.83 Å². The van der Waals surface area contributed by atoms with E-state index in [0.29, 0.717) is 51.4 Å². The molecule has 4 aliphatic heterocycles. The van der Waals surface area contributed by atoms with Gasteiger partial charge in [0.25, 0.3) is 0 Å². The average Bonchev–Trinajstić information content (AvgIpc) is 3.57. The summed E-state index contributed by atoms with van der Waals surface area (Å²) in [5.74, 6) is -0.622. The van der Waals surface area contributed by atoms with Gasteiger partial charge in [-0.1, -0.05) is 32.6 Å². The molecule has 246 valence electrons. The zero-order valence-corrected chi connectivity index (χ0v) is 27.1. The number of amides is 1. The summed E-state index contributed by atoms with van der Waals surface area (Å²) in [6, 6.07) is -0.774. The van der Waals surface area contributed by atoms with E-state index in [1.807, 2.05) is 0 Å². The number of hydrogen-bond donors (Lipinski definition) is 3. The van der Waals surface area contributed by atoms with Gasteiger partial charge in [-0.25, -0.2) is 12.8 Å². The van der Waals surface area contributed by atoms with Gasteiger partial charge in [-0.15, -0.1) is 0 Å². The third kappa shape index (κ3) is 6.56. The molecule has 10 nitrogen and oxygen atoms in total. The lowest BCUT2D eigenvalue weighted by Crippen LogP contribution is -2.63. The minimum absolute atomic E-state index is 0.0125. The predicted molar refractivity (Wildman–Crippen MR) is 172 cm³/mol. The van der Waals surface area contributed by atoms with Crippen LogP contribution in [-0.4, -0.2) is 97.7 Å². The highest BCUT2D eigenvalue weighted by Crippen LogP contribution is 2.51. The van der Waals surface area contributed by atoms with Crippen LogP contribution in [0.5, 0.6) is 0 Å². The maximum atomic E-state index is 15.0. The maximum Gasteiger partial charge on any atom is 0.228 e. The Morgan fingerprint density at radius 3 is 2.75 bits per heavy atom. The number of rotatable bonds is 8. The van der Waals surface area contributed by atoms with E-state index < -0.39 is 28.1 Å². The summed E-state index contributed by atoms with van der Waals surface area (Å²) in [5, 5.41) is 3.32. The molecule has 0 aromatic rings. The van der Waals surface area contributed by atoms with Crippen molar-refractivity contribution < 1.29 is 17.6 Å². The summed E-state index contributed by atoms with van der Waals surface area (Å²) in [4.78, 5) is 26.3. The molecule has 5 N–H and O–H groups in total. The number of aliphatic imine (C=N–C) groups is 2. The maximum absolute atomic E-state index is 15.0. The van der Waals surface area contributed by atoms with Gasteiger partial charge in [0.15, 0.2) is 0 Å². The van der Waals surface area contributed by atoms with Gasteiger partial charge >= 0.3 is 0 Å². The molecule has 4 fully saturated rings. The van der Waals surface area contributed by atoms with E-state index in [1.165, 1.54) is 31.2 Å². The Balaban J connectivity index is 1.23. The number of hydrogen-bond acceptors (Lipinski definition) is 8. The van der Waals surface area contributed by atoms with Gasteiger partial charge in [0.05, 0.1) is 42.7 Å². The van der Waals surface area contributed by atoms with E-state index in [2.05, 4.69) is 22.1 Å². The van der Waals surface area contributed by atoms with Crippen LogP contribution in [0.2, 0.25) is 0 Å². The molecule has 4 heterocycles. The molecule has 6 unspecified atom stereocenters. The lowest BCUT2D eigenvalue weighted by molar-refractivity contribution is -0.127. The summed E-state index contributed by atoms with van der Waals surface area (Å²) in [6.45, 7) is 4.40. The Bertz CT molecular complexity index is 1280. The van der Waals surface area contributed by atoms with E-state index in [-0.39, 0.29) is 41.0 Å². The van der Waals surface area contributed by atoms with E-state index in [4.69, 9.17) is 16.5 Å². The molecule has 0 aromatic carbocycles. The second-order valence-corrected chi connectivity index (χ2v) is 16.5. The largest absolute Gasteiger partial charge is 0.350 e. The van der Waals surface area contributed by atoms with Gasteiger partial charge in [-0.3, -0.25) is 19.7 Å². The number of nitrogens with one attached hydrogen (secondary N) is 1. The first kappa shape index (κ1) is 32.2. The van der Waals surface area contributed by atoms with Crippen LogP contribution >= 0.6 is 0 Å². The molecule has 6 rings (SSSR count). The number of piperazine rings is 1. The molecule has 2 aliphatic carbocycles. The minimum Gasteiger partial charge on any atom is -0.350 e. The van der Waals surface area contributed by atoms with Crippen LogP contribution in [0.1, 0.15) is 90.4 Å². The van der Waals surface area contributed by atoms with Gasteiger partial charge in [0.2, 0.25) is 15.9 Å². The Morgan fingerprint density at radius 2 is 2.00 bits per heavy atom. The van der Waals surface area contributed by atoms with Crippen molar-refractivity contribution in [1.82, 2.24) is 14.5 Å². The van der Waals surface area contributed by atoms with Gasteiger partial charge in [-0.2, -0.15) is 4.31 Å². The topological polar surface area (TPSA) is 146 Å². The molecule has 0 aromatic heterocycles. The van der Waals surface area contributed by atoms with Crippen LogP contribution in [0.3, 0.4) is 0 Å². The van der Waals surface area contributed by atoms with Gasteiger partial charge in [-0.05, 0) is 68.3 Å². The van der Waals surface area contributed by atoms with Crippen molar-refractivity contribution in [3.63, 3.8) is 0 Å². The summed E-state index contributed by atoms with van der Waals surface area (Å²) < 4.78 is 41.9. The Kier molecular flexibility index (Phi) is 9.65. The van der Waals surface area contributed by atoms with Crippen LogP contribution in [0.25, 0.3) is 0 Å². The molecule has 44 heavy (non-hydrogen) atoms. The predicted octanol–water partition coefficient (Wildman–Crippen LogP) is 2.88. The molecule has 2 saturated carbocycles. The molecule has 12 heteroatoms. The highest BCUT2D eigenvalue weighted by molar-refractivity contribution is 7.89. The van der Waals surface area contributed by atoms with Crippen molar-refractivity contribution in [2.24, 2.45) is 38.7 Å². The van der Waals surface area contributed by atoms with Crippen LogP contribution in [0.4, 0.5) is 4.39 Å². The minimum atomic E-state index is -3.18. The zero-order chi connectivity index (χ0) is 31.1. The monoisotopic (exact) mass is 633 g/mol. The number of carbonyl (C=O) groups is 1. The number of sulfonamides is 1. The number of nitrogens with zero attached hydrogens (tertiary/aromatic N) is 4. The Labute approximate surface area is 262 Å². The summed E-state index contributed by atoms with van der Waals surface area (Å²) in [6.07, 6.45) is 12.7. The number of fused-ring (bicyclic) bond motifs is 3. The molecule has 1 amide bonds. The fraction of sp³-hybridized carbons (Fsp3) is 0.844. The molecular weight excluding hydrogens is 581 g/mol. The van der Waals surface area contributed by atoms with Crippen molar-refractivity contribution in [3.8, 4) is 0 Å². The Hall–Kier alpha value is -1.73. The Morgan fingerprint density at radius 1 is 1.20 bits per heavy atom. The normalized spacial score (nSPS) is 35.7. The van der Waals surface area contributed by atoms with Crippen LogP contribution in [0, 0.1) is 17.3 Å². The summed E-state index contributed by atoms with van der Waals surface area (Å²) in [7, 11) is -3.18. The van der Waals surface area contributed by atoms with Crippen molar-refractivity contribution in [2.45, 2.75) is 121 Å². The SMILES string of the molecule is CCCC12CCC(=C(F)C=NC(C(C(=O)NC3CN=C(C4CCCCC4)CC3N3CCN4C(CCS4(=O)=O)C3)C(N)N)C1)C2. The average molecular weight is 634 g/mol. The number of carbonyl (C=O) groups excluding carboxylic acids is 1. The number of allylic oxidation sites excluding steroid dienone is 2. The summed E-state index contributed by atoms with van der Waals surface area (Å²) >= 11 is 0. The fourth-order valence-corrected chi connectivity index (χ4v) is 11.1. The highest BCUT2D eigenvalue weighted by atomic mass is 32.2. The van der Waals surface area contributed by atoms with Crippen LogP contribution in [0.15, 0.2) is 21.4 Å². The smallest absolute Gasteiger partial charge is 0.228 e. The number of nitrogens with two attached hydrogens (primary N) is 2. The van der Waals surface area contributed by atoms with E-state index >= 15 is 4.39 Å². The van der Waals surface area contributed by atoms with Crippen molar-refractivity contribution in [3.05, 3.63) is 11.4 Å². The molecule has 6 aliphatic rings. The summed E-state index contributed by atoms with van der Waals surface area (Å²) in [5.41, 5.74) is 14.7. The lowest BCUT2D eigenvalue weighted by Gasteiger charge is -2.46. The third-order valence-corrected chi connectivity index (χ3v) is 13.5. The molecule has 0 radical (unpaired) electrons. The van der Waals surface area contributed by atoms with Crippen LogP contribution in [-0.2, 0) is 14.8 Å². The second kappa shape index (κ2) is 13.2. The van der Waals surface area contributed by atoms with E-state index in [9.17, 15) is 13.2 Å². The lowest BCUT2D eigenvalue weighted by atomic mass is 9.73. The van der Waals surface area contributed by atoms with Gasteiger partial charge in [0, 0.05) is 43.9 Å². The molecule has 6 atom stereocenters. The first-order valence-corrected chi connectivity index (χ1v) is 18.7. The van der Waals surface area contributed by atoms with Gasteiger partial charge < -0.3 is 16.8 Å². The van der Waals surface area contributed by atoms with E-state index in [1.54, 1.807) is 4.31 Å². The molecule has 2 bridgehead atoms. The fourth-order valence-electron chi connectivity index (χ4n) is 9.31. The first-order chi connectivity index (χ1) is 21.1. The second-order valence-electron chi connectivity index (χ2n) is 14.4. The molecule has 0 spiro atoms. The van der Waals surface area contributed by atoms with Crippen molar-refractivity contribution in [2.75, 3.05) is 31.9 Å². The van der Waals surface area contributed by atoms with Crippen molar-refractivity contribution >= 4 is 27.9 Å². The molecular formula is C32H52FN7O3S.